The molecule has 0 spiro atoms. The van der Waals surface area contributed by atoms with E-state index in [1.165, 1.54) is 34.4 Å². The van der Waals surface area contributed by atoms with E-state index in [-0.39, 0.29) is 17.4 Å². The molecule has 3 amide bonds. The Kier molecular flexibility index (Phi) is 10.6. The van der Waals surface area contributed by atoms with E-state index >= 15 is 0 Å². The monoisotopic (exact) mass is 656 g/mol. The van der Waals surface area contributed by atoms with Gasteiger partial charge in [0.2, 0.25) is 5.91 Å². The lowest BCUT2D eigenvalue weighted by Crippen LogP contribution is -2.30. The molecular weight excluding hydrogens is 629 g/mol. The Balaban J connectivity index is 1.19. The number of aromatic nitrogens is 1. The number of rotatable bonds is 12. The van der Waals surface area contributed by atoms with Gasteiger partial charge in [-0.25, -0.2) is 4.98 Å². The lowest BCUT2D eigenvalue weighted by atomic mass is 10.1. The molecule has 0 unspecified atom stereocenters. The molecule has 9 nitrogen and oxygen atoms in total. The van der Waals surface area contributed by atoms with Gasteiger partial charge in [0.05, 0.1) is 25.7 Å². The van der Waals surface area contributed by atoms with Gasteiger partial charge in [0.25, 0.3) is 11.8 Å². The zero-order valence-electron chi connectivity index (χ0n) is 24.2. The molecule has 3 N–H and O–H groups in total. The fourth-order valence-corrected chi connectivity index (χ4v) is 6.20. The van der Waals surface area contributed by atoms with Crippen LogP contribution in [-0.2, 0) is 9.59 Å². The molecule has 0 radical (unpaired) electrons. The number of amides is 3. The first-order valence-corrected chi connectivity index (χ1v) is 16.3. The zero-order chi connectivity index (χ0) is 31.6. The Morgan fingerprint density at radius 2 is 1.71 bits per heavy atom. The van der Waals surface area contributed by atoms with E-state index < -0.39 is 11.8 Å². The van der Waals surface area contributed by atoms with Crippen LogP contribution >= 0.6 is 34.4 Å². The second-order valence-electron chi connectivity index (χ2n) is 9.36. The number of thiazole rings is 1. The van der Waals surface area contributed by atoms with E-state index in [0.717, 1.165) is 16.0 Å². The molecule has 0 fully saturated rings. The smallest absolute Gasteiger partial charge is 0.272 e. The predicted molar refractivity (Wildman–Crippen MR) is 181 cm³/mol. The molecule has 0 aliphatic rings. The van der Waals surface area contributed by atoms with Gasteiger partial charge in [-0.05, 0) is 77.0 Å². The van der Waals surface area contributed by atoms with Gasteiger partial charge in [0.1, 0.15) is 5.70 Å². The summed E-state index contributed by atoms with van der Waals surface area (Å²) in [6.07, 6.45) is 1.63. The third-order valence-corrected chi connectivity index (χ3v) is 8.73. The number of methoxy groups -OCH3 is 2. The highest BCUT2D eigenvalue weighted by molar-refractivity contribution is 8.00. The molecule has 0 atom stereocenters. The summed E-state index contributed by atoms with van der Waals surface area (Å²) in [7, 11) is 3.15. The number of hydrogen-bond donors (Lipinski definition) is 3. The summed E-state index contributed by atoms with van der Waals surface area (Å²) in [4.78, 5) is 44.1. The van der Waals surface area contributed by atoms with Crippen LogP contribution in [0.1, 0.15) is 15.9 Å². The average Bonchev–Trinajstić information content (AvgIpc) is 3.76. The van der Waals surface area contributed by atoms with Crippen molar-refractivity contribution in [3.05, 3.63) is 112 Å². The van der Waals surface area contributed by atoms with Crippen LogP contribution in [-0.4, -0.2) is 42.7 Å². The fourth-order valence-electron chi connectivity index (χ4n) is 4.09. The van der Waals surface area contributed by atoms with E-state index in [2.05, 4.69) is 20.9 Å². The van der Waals surface area contributed by atoms with Crippen LogP contribution in [0.3, 0.4) is 0 Å². The summed E-state index contributed by atoms with van der Waals surface area (Å²) in [5.74, 6) is 0.273. The number of nitrogens with one attached hydrogen (secondary N) is 3. The largest absolute Gasteiger partial charge is 0.493 e. The summed E-state index contributed by atoms with van der Waals surface area (Å²) in [5, 5.41) is 14.5. The van der Waals surface area contributed by atoms with Crippen LogP contribution in [0.5, 0.6) is 11.5 Å². The van der Waals surface area contributed by atoms with Gasteiger partial charge in [-0.15, -0.1) is 23.1 Å². The number of carbonyl (C=O) groups is 3. The van der Waals surface area contributed by atoms with E-state index in [4.69, 9.17) is 9.47 Å². The standard InChI is InChI=1S/C33H28N4O5S3/c1-41-28-12-11-23(16-29(28)42-2)27-19-45-33(36-27)37-30(38)20-44-25-10-6-9-24(17-25)34-32(40)26(15-21-13-14-43-18-21)35-31(39)22-7-4-3-5-8-22/h3-19H,20H2,1-2H3,(H,34,40)(H,35,39)(H,36,37,38)/b26-15-. The Hall–Kier alpha value is -4.91. The van der Waals surface area contributed by atoms with E-state index in [1.807, 2.05) is 46.5 Å². The Bertz CT molecular complexity index is 1820. The molecular formula is C33H28N4O5S3. The molecule has 45 heavy (non-hydrogen) atoms. The molecule has 0 aliphatic carbocycles. The predicted octanol–water partition coefficient (Wildman–Crippen LogP) is 7.03. The number of carbonyl (C=O) groups excluding carboxylic acids is 3. The van der Waals surface area contributed by atoms with Crippen LogP contribution in [0.4, 0.5) is 10.8 Å². The highest BCUT2D eigenvalue weighted by Gasteiger charge is 2.16. The normalized spacial score (nSPS) is 11.0. The van der Waals surface area contributed by atoms with E-state index in [0.29, 0.717) is 33.6 Å². The lowest BCUT2D eigenvalue weighted by molar-refractivity contribution is -0.114. The number of hydrogen-bond acceptors (Lipinski definition) is 9. The number of anilines is 2. The first-order valence-electron chi connectivity index (χ1n) is 13.5. The molecule has 0 saturated heterocycles. The van der Waals surface area contributed by atoms with Gasteiger partial charge in [0, 0.05) is 27.1 Å². The quantitative estimate of drug-likeness (QED) is 0.0975. The second kappa shape index (κ2) is 15.2. The number of ether oxygens (including phenoxy) is 2. The molecule has 2 aromatic heterocycles. The molecule has 12 heteroatoms. The van der Waals surface area contributed by atoms with Crippen molar-refractivity contribution in [3.8, 4) is 22.8 Å². The first-order chi connectivity index (χ1) is 21.9. The van der Waals surface area contributed by atoms with E-state index in [1.54, 1.807) is 68.8 Å². The molecule has 3 aromatic carbocycles. The van der Waals surface area contributed by atoms with Gasteiger partial charge in [-0.1, -0.05) is 24.3 Å². The third-order valence-electron chi connectivity index (χ3n) is 6.27. The number of thiophene rings is 1. The number of thioether (sulfide) groups is 1. The van der Waals surface area contributed by atoms with Crippen molar-refractivity contribution in [2.75, 3.05) is 30.6 Å². The summed E-state index contributed by atoms with van der Waals surface area (Å²) in [5.41, 5.74) is 3.41. The van der Waals surface area contributed by atoms with Crippen molar-refractivity contribution < 1.29 is 23.9 Å². The summed E-state index contributed by atoms with van der Waals surface area (Å²) >= 11 is 4.14. The molecule has 0 saturated carbocycles. The minimum atomic E-state index is -0.473. The van der Waals surface area contributed by atoms with Gasteiger partial charge < -0.3 is 25.4 Å². The molecule has 0 aliphatic heterocycles. The SMILES string of the molecule is COc1ccc(-c2csc(NC(=O)CSc3cccc(NC(=O)/C(=C/c4ccsc4)NC(=O)c4ccccc4)c3)n2)cc1OC. The van der Waals surface area contributed by atoms with Crippen LogP contribution in [0.25, 0.3) is 17.3 Å². The number of nitrogens with zero attached hydrogens (tertiary/aromatic N) is 1. The van der Waals surface area contributed by atoms with Crippen molar-refractivity contribution in [3.63, 3.8) is 0 Å². The van der Waals surface area contributed by atoms with Crippen molar-refractivity contribution >= 4 is 69.1 Å². The average molecular weight is 657 g/mol. The minimum absolute atomic E-state index is 0.107. The van der Waals surface area contributed by atoms with Crippen molar-refractivity contribution in [1.82, 2.24) is 10.3 Å². The molecule has 228 valence electrons. The third kappa shape index (κ3) is 8.60. The molecule has 5 aromatic rings. The van der Waals surface area contributed by atoms with Crippen LogP contribution in [0.15, 0.2) is 106 Å². The Morgan fingerprint density at radius 3 is 2.47 bits per heavy atom. The zero-order valence-corrected chi connectivity index (χ0v) is 26.7. The van der Waals surface area contributed by atoms with Crippen LogP contribution in [0.2, 0.25) is 0 Å². The van der Waals surface area contributed by atoms with Crippen molar-refractivity contribution in [2.24, 2.45) is 0 Å². The van der Waals surface area contributed by atoms with Gasteiger partial charge in [0.15, 0.2) is 16.6 Å². The van der Waals surface area contributed by atoms with Gasteiger partial charge in [-0.3, -0.25) is 14.4 Å². The molecule has 2 heterocycles. The summed E-state index contributed by atoms with van der Waals surface area (Å²) < 4.78 is 10.7. The second-order valence-corrected chi connectivity index (χ2v) is 12.0. The van der Waals surface area contributed by atoms with Crippen LogP contribution < -0.4 is 25.4 Å². The first kappa shape index (κ1) is 31.5. The summed E-state index contributed by atoms with van der Waals surface area (Å²) in [6.45, 7) is 0. The summed E-state index contributed by atoms with van der Waals surface area (Å²) in [6, 6.07) is 23.2. The highest BCUT2D eigenvalue weighted by atomic mass is 32.2. The highest BCUT2D eigenvalue weighted by Crippen LogP contribution is 2.33. The Labute approximate surface area is 272 Å². The van der Waals surface area contributed by atoms with Crippen LogP contribution in [0, 0.1) is 0 Å². The lowest BCUT2D eigenvalue weighted by Gasteiger charge is -2.12. The van der Waals surface area contributed by atoms with E-state index in [9.17, 15) is 14.4 Å². The molecule has 5 rings (SSSR count). The maximum absolute atomic E-state index is 13.3. The van der Waals surface area contributed by atoms with Crippen molar-refractivity contribution in [2.45, 2.75) is 4.90 Å². The Morgan fingerprint density at radius 1 is 0.889 bits per heavy atom. The topological polar surface area (TPSA) is 119 Å². The van der Waals surface area contributed by atoms with Gasteiger partial charge >= 0.3 is 0 Å². The maximum atomic E-state index is 13.3. The minimum Gasteiger partial charge on any atom is -0.493 e. The van der Waals surface area contributed by atoms with Gasteiger partial charge in [-0.2, -0.15) is 11.3 Å². The number of benzene rings is 3. The fraction of sp³-hybridized carbons (Fsp3) is 0.0909. The maximum Gasteiger partial charge on any atom is 0.272 e. The van der Waals surface area contributed by atoms with Crippen molar-refractivity contribution in [1.29, 1.82) is 0 Å². The molecule has 0 bridgehead atoms.